The van der Waals surface area contributed by atoms with Gasteiger partial charge in [0.15, 0.2) is 0 Å². The highest BCUT2D eigenvalue weighted by Crippen LogP contribution is 2.13. The highest BCUT2D eigenvalue weighted by molar-refractivity contribution is 7.99. The molecule has 0 bridgehead atoms. The van der Waals surface area contributed by atoms with Gasteiger partial charge in [-0.25, -0.2) is 4.98 Å². The van der Waals surface area contributed by atoms with Gasteiger partial charge in [-0.1, -0.05) is 23.7 Å². The molecule has 27 heavy (non-hydrogen) atoms. The topological polar surface area (TPSA) is 72.7 Å². The molecule has 0 fully saturated rings. The van der Waals surface area contributed by atoms with E-state index in [1.165, 1.54) is 28.4 Å². The number of ether oxygens (including phenoxy) is 1. The van der Waals surface area contributed by atoms with Crippen LogP contribution >= 0.6 is 23.4 Å². The lowest BCUT2D eigenvalue weighted by Crippen LogP contribution is -2.24. The van der Waals surface area contributed by atoms with Gasteiger partial charge in [-0.05, 0) is 29.8 Å². The third-order valence-electron chi connectivity index (χ3n) is 3.81. The van der Waals surface area contributed by atoms with Gasteiger partial charge < -0.3 is 10.1 Å². The van der Waals surface area contributed by atoms with Crippen molar-refractivity contribution in [3.05, 3.63) is 75.3 Å². The van der Waals surface area contributed by atoms with Crippen molar-refractivity contribution < 1.29 is 9.53 Å². The van der Waals surface area contributed by atoms with Gasteiger partial charge in [0.25, 0.3) is 5.56 Å². The van der Waals surface area contributed by atoms with E-state index in [1.54, 1.807) is 19.2 Å². The summed E-state index contributed by atoms with van der Waals surface area (Å²) in [5.41, 5.74) is 1.97. The molecule has 0 atom stereocenters. The second kappa shape index (κ2) is 8.92. The van der Waals surface area contributed by atoms with E-state index >= 15 is 0 Å². The highest BCUT2D eigenvalue weighted by atomic mass is 35.5. The predicted octanol–water partition coefficient (Wildman–Crippen LogP) is 2.91. The monoisotopic (exact) mass is 403 g/mol. The van der Waals surface area contributed by atoms with Crippen LogP contribution in [0, 0.1) is 0 Å². The van der Waals surface area contributed by atoms with Gasteiger partial charge in [0.05, 0.1) is 23.6 Å². The molecule has 0 radical (unpaired) electrons. The number of carbonyl (C=O) groups is 1. The molecule has 0 saturated heterocycles. The molecule has 3 rings (SSSR count). The molecule has 2 heterocycles. The summed E-state index contributed by atoms with van der Waals surface area (Å²) >= 11 is 7.30. The SMILES string of the molecule is COc1ccc(CNC(=O)CSCc2cc(=O)n3cc(Cl)ccc3n2)cc1. The summed E-state index contributed by atoms with van der Waals surface area (Å²) in [6, 6.07) is 12.4. The summed E-state index contributed by atoms with van der Waals surface area (Å²) in [6.07, 6.45) is 1.54. The van der Waals surface area contributed by atoms with Crippen LogP contribution in [0.3, 0.4) is 0 Å². The average molecular weight is 404 g/mol. The lowest BCUT2D eigenvalue weighted by molar-refractivity contribution is -0.118. The first-order valence-electron chi connectivity index (χ1n) is 8.20. The zero-order valence-electron chi connectivity index (χ0n) is 14.6. The number of nitrogens with one attached hydrogen (secondary N) is 1. The molecule has 6 nitrogen and oxygen atoms in total. The average Bonchev–Trinajstić information content (AvgIpc) is 2.67. The largest absolute Gasteiger partial charge is 0.497 e. The van der Waals surface area contributed by atoms with E-state index in [1.807, 2.05) is 24.3 Å². The van der Waals surface area contributed by atoms with E-state index in [9.17, 15) is 9.59 Å². The normalized spacial score (nSPS) is 10.7. The summed E-state index contributed by atoms with van der Waals surface area (Å²) < 4.78 is 6.50. The van der Waals surface area contributed by atoms with Crippen molar-refractivity contribution in [2.45, 2.75) is 12.3 Å². The Morgan fingerprint density at radius 1 is 1.26 bits per heavy atom. The summed E-state index contributed by atoms with van der Waals surface area (Å²) in [6.45, 7) is 0.458. The van der Waals surface area contributed by atoms with Crippen LogP contribution in [0.4, 0.5) is 0 Å². The Morgan fingerprint density at radius 2 is 2.04 bits per heavy atom. The van der Waals surface area contributed by atoms with Crippen molar-refractivity contribution >= 4 is 34.9 Å². The number of carbonyl (C=O) groups excluding carboxylic acids is 1. The van der Waals surface area contributed by atoms with Crippen molar-refractivity contribution in [3.63, 3.8) is 0 Å². The quantitative estimate of drug-likeness (QED) is 0.656. The molecule has 0 spiro atoms. The van der Waals surface area contributed by atoms with Crippen LogP contribution in [-0.2, 0) is 17.1 Å². The molecule has 3 aromatic rings. The number of rotatable bonds is 7. The first kappa shape index (κ1) is 19.3. The van der Waals surface area contributed by atoms with Gasteiger partial charge in [-0.2, -0.15) is 0 Å². The number of amides is 1. The van der Waals surface area contributed by atoms with Gasteiger partial charge >= 0.3 is 0 Å². The van der Waals surface area contributed by atoms with E-state index in [0.29, 0.717) is 28.7 Å². The maximum atomic E-state index is 12.1. The molecule has 8 heteroatoms. The molecule has 0 unspecified atom stereocenters. The number of fused-ring (bicyclic) bond motifs is 1. The molecular formula is C19H18ClN3O3S. The van der Waals surface area contributed by atoms with Gasteiger partial charge in [0.2, 0.25) is 5.91 Å². The summed E-state index contributed by atoms with van der Waals surface area (Å²) in [5, 5.41) is 3.34. The van der Waals surface area contributed by atoms with Gasteiger partial charge in [0, 0.05) is 24.6 Å². The molecular weight excluding hydrogens is 386 g/mol. The van der Waals surface area contributed by atoms with Crippen molar-refractivity contribution in [1.29, 1.82) is 0 Å². The number of halogens is 1. The highest BCUT2D eigenvalue weighted by Gasteiger charge is 2.06. The lowest BCUT2D eigenvalue weighted by Gasteiger charge is -2.07. The fourth-order valence-electron chi connectivity index (χ4n) is 2.44. The summed E-state index contributed by atoms with van der Waals surface area (Å²) in [4.78, 5) is 28.5. The Balaban J connectivity index is 1.50. The predicted molar refractivity (Wildman–Crippen MR) is 107 cm³/mol. The lowest BCUT2D eigenvalue weighted by atomic mass is 10.2. The van der Waals surface area contributed by atoms with Crippen LogP contribution in [0.1, 0.15) is 11.3 Å². The molecule has 140 valence electrons. The standard InChI is InChI=1S/C19H18ClN3O3S/c1-26-16-5-2-13(3-6-16)9-21-18(24)12-27-11-15-8-19(25)23-10-14(20)4-7-17(23)22-15/h2-8,10H,9,11-12H2,1H3,(H,21,24). The third-order valence-corrected chi connectivity index (χ3v) is 5.00. The molecule has 1 amide bonds. The number of methoxy groups -OCH3 is 1. The maximum absolute atomic E-state index is 12.1. The van der Waals surface area contributed by atoms with E-state index in [2.05, 4.69) is 10.3 Å². The fraction of sp³-hybridized carbons (Fsp3) is 0.211. The Morgan fingerprint density at radius 3 is 2.78 bits per heavy atom. The van der Waals surface area contributed by atoms with Crippen molar-refractivity contribution in [2.75, 3.05) is 12.9 Å². The summed E-state index contributed by atoms with van der Waals surface area (Å²) in [5.74, 6) is 1.48. The number of hydrogen-bond acceptors (Lipinski definition) is 5. The minimum atomic E-state index is -0.193. The van der Waals surface area contributed by atoms with Crippen molar-refractivity contribution in [1.82, 2.24) is 14.7 Å². The molecule has 0 aliphatic rings. The van der Waals surface area contributed by atoms with E-state index < -0.39 is 0 Å². The van der Waals surface area contributed by atoms with Gasteiger partial charge in [0.1, 0.15) is 11.4 Å². The van der Waals surface area contributed by atoms with E-state index in [4.69, 9.17) is 16.3 Å². The smallest absolute Gasteiger partial charge is 0.258 e. The second-order valence-electron chi connectivity index (χ2n) is 5.78. The number of nitrogens with zero attached hydrogens (tertiary/aromatic N) is 2. The molecule has 2 aromatic heterocycles. The zero-order valence-corrected chi connectivity index (χ0v) is 16.2. The van der Waals surface area contributed by atoms with Crippen LogP contribution < -0.4 is 15.6 Å². The molecule has 1 N–H and O–H groups in total. The van der Waals surface area contributed by atoms with Crippen molar-refractivity contribution in [3.8, 4) is 5.75 Å². The molecule has 0 aliphatic heterocycles. The number of hydrogen-bond donors (Lipinski definition) is 1. The number of thioether (sulfide) groups is 1. The summed E-state index contributed by atoms with van der Waals surface area (Å²) in [7, 11) is 1.61. The minimum absolute atomic E-state index is 0.0693. The van der Waals surface area contributed by atoms with E-state index in [-0.39, 0.29) is 17.2 Å². The second-order valence-corrected chi connectivity index (χ2v) is 7.20. The first-order chi connectivity index (χ1) is 13.0. The Bertz CT molecular complexity index is 1010. The number of pyridine rings is 1. The molecule has 0 aliphatic carbocycles. The van der Waals surface area contributed by atoms with Crippen LogP contribution in [0.15, 0.2) is 53.5 Å². The zero-order chi connectivity index (χ0) is 19.2. The van der Waals surface area contributed by atoms with Crippen molar-refractivity contribution in [2.24, 2.45) is 0 Å². The van der Waals surface area contributed by atoms with Crippen LogP contribution in [0.5, 0.6) is 5.75 Å². The van der Waals surface area contributed by atoms with Gasteiger partial charge in [-0.3, -0.25) is 14.0 Å². The molecule has 1 aromatic carbocycles. The first-order valence-corrected chi connectivity index (χ1v) is 9.73. The molecule has 0 saturated carbocycles. The van der Waals surface area contributed by atoms with Crippen LogP contribution in [0.2, 0.25) is 5.02 Å². The maximum Gasteiger partial charge on any atom is 0.258 e. The van der Waals surface area contributed by atoms with Gasteiger partial charge in [-0.15, -0.1) is 11.8 Å². The van der Waals surface area contributed by atoms with Crippen LogP contribution in [0.25, 0.3) is 5.65 Å². The minimum Gasteiger partial charge on any atom is -0.497 e. The number of aromatic nitrogens is 2. The Labute approximate surface area is 165 Å². The van der Waals surface area contributed by atoms with Crippen LogP contribution in [-0.4, -0.2) is 28.2 Å². The third kappa shape index (κ3) is 5.24. The fourth-order valence-corrected chi connectivity index (χ4v) is 3.35. The Kier molecular flexibility index (Phi) is 6.36. The van der Waals surface area contributed by atoms with E-state index in [0.717, 1.165) is 11.3 Å². The Hall–Kier alpha value is -2.51. The number of benzene rings is 1.